The molecule has 36 heavy (non-hydrogen) atoms. The van der Waals surface area contributed by atoms with Crippen LogP contribution in [0.1, 0.15) is 51.0 Å². The second-order valence-corrected chi connectivity index (χ2v) is 13.9. The number of rotatable bonds is 11. The molecule has 0 aliphatic heterocycles. The molecule has 7 nitrogen and oxygen atoms in total. The number of sulfonamides is 2. The Labute approximate surface area is 218 Å². The molecule has 0 amide bonds. The highest BCUT2D eigenvalue weighted by molar-refractivity contribution is 7.94. The normalized spacial score (nSPS) is 15.9. The number of hydrogen-bond acceptors (Lipinski definition) is 6. The van der Waals surface area contributed by atoms with E-state index in [2.05, 4.69) is 21.7 Å². The Morgan fingerprint density at radius 3 is 2.42 bits per heavy atom. The fraction of sp³-hybridized carbons (Fsp3) is 0.385. The number of para-hydroxylation sites is 1. The Hall–Kier alpha value is -2.40. The van der Waals surface area contributed by atoms with E-state index in [9.17, 15) is 16.8 Å². The molecule has 0 unspecified atom stereocenters. The predicted molar refractivity (Wildman–Crippen MR) is 146 cm³/mol. The second kappa shape index (κ2) is 11.8. The van der Waals surface area contributed by atoms with Gasteiger partial charge in [-0.3, -0.25) is 9.44 Å². The molecule has 194 valence electrons. The highest BCUT2D eigenvalue weighted by Gasteiger charge is 2.20. The number of thiophene rings is 1. The maximum absolute atomic E-state index is 13.2. The highest BCUT2D eigenvalue weighted by Crippen LogP contribution is 2.28. The van der Waals surface area contributed by atoms with Crippen molar-refractivity contribution in [1.29, 1.82) is 0 Å². The molecule has 1 aliphatic rings. The molecule has 1 fully saturated rings. The maximum atomic E-state index is 13.2. The van der Waals surface area contributed by atoms with Crippen LogP contribution in [-0.2, 0) is 26.6 Å². The standard InChI is InChI=1S/C26H33N3O4S3/c1-20(17-21-9-3-2-4-10-21)27-19-22-11-5-6-14-25(22)29-35(30,31)24-13-7-12-23(18-24)28-36(32,33)26-15-8-16-34-26/h5-8,11-16,18,20-21,27-29H,2-4,9-10,17,19H2,1H3/t20-/m0/s1. The number of anilines is 2. The van der Waals surface area contributed by atoms with Crippen molar-refractivity contribution >= 4 is 42.8 Å². The molecule has 3 aromatic rings. The predicted octanol–water partition coefficient (Wildman–Crippen LogP) is 5.80. The molecule has 0 bridgehead atoms. The van der Waals surface area contributed by atoms with E-state index in [1.807, 2.05) is 12.1 Å². The van der Waals surface area contributed by atoms with Crippen LogP contribution in [0.2, 0.25) is 0 Å². The third-order valence-electron chi connectivity index (χ3n) is 6.47. The lowest BCUT2D eigenvalue weighted by Gasteiger charge is -2.25. The molecule has 0 saturated heterocycles. The van der Waals surface area contributed by atoms with Crippen molar-refractivity contribution in [2.45, 2.75) is 67.1 Å². The third kappa shape index (κ3) is 7.09. The average molecular weight is 548 g/mol. The van der Waals surface area contributed by atoms with Gasteiger partial charge < -0.3 is 5.32 Å². The molecule has 1 saturated carbocycles. The summed E-state index contributed by atoms with van der Waals surface area (Å²) in [4.78, 5) is -0.0256. The first-order chi connectivity index (χ1) is 17.2. The van der Waals surface area contributed by atoms with Crippen molar-refractivity contribution in [3.8, 4) is 0 Å². The number of nitrogens with one attached hydrogen (secondary N) is 3. The summed E-state index contributed by atoms with van der Waals surface area (Å²) < 4.78 is 56.8. The zero-order chi connectivity index (χ0) is 25.6. The summed E-state index contributed by atoms with van der Waals surface area (Å²) in [6.45, 7) is 2.73. The van der Waals surface area contributed by atoms with Gasteiger partial charge in [-0.15, -0.1) is 11.3 Å². The molecule has 2 aromatic carbocycles. The van der Waals surface area contributed by atoms with E-state index >= 15 is 0 Å². The van der Waals surface area contributed by atoms with E-state index in [1.165, 1.54) is 62.4 Å². The zero-order valence-electron chi connectivity index (χ0n) is 20.3. The molecule has 3 N–H and O–H groups in total. The molecule has 1 atom stereocenters. The fourth-order valence-electron chi connectivity index (χ4n) is 4.62. The van der Waals surface area contributed by atoms with E-state index in [-0.39, 0.29) is 14.8 Å². The summed E-state index contributed by atoms with van der Waals surface area (Å²) in [7, 11) is -7.72. The lowest BCUT2D eigenvalue weighted by Crippen LogP contribution is -2.29. The van der Waals surface area contributed by atoms with Crippen molar-refractivity contribution in [2.75, 3.05) is 9.44 Å². The second-order valence-electron chi connectivity index (χ2n) is 9.35. The molecular formula is C26H33N3O4S3. The summed E-state index contributed by atoms with van der Waals surface area (Å²) in [5, 5.41) is 5.22. The molecule has 0 spiro atoms. The Bertz CT molecular complexity index is 1350. The van der Waals surface area contributed by atoms with Crippen LogP contribution in [-0.4, -0.2) is 22.9 Å². The largest absolute Gasteiger partial charge is 0.310 e. The topological polar surface area (TPSA) is 104 Å². The maximum Gasteiger partial charge on any atom is 0.271 e. The van der Waals surface area contributed by atoms with Crippen LogP contribution in [0.3, 0.4) is 0 Å². The SMILES string of the molecule is C[C@@H](CC1CCCCC1)NCc1ccccc1NS(=O)(=O)c1cccc(NS(=O)(=O)c2cccs2)c1. The van der Waals surface area contributed by atoms with E-state index in [4.69, 9.17) is 0 Å². The van der Waals surface area contributed by atoms with Gasteiger partial charge in [-0.05, 0) is 60.5 Å². The van der Waals surface area contributed by atoms with Crippen LogP contribution in [0.5, 0.6) is 0 Å². The van der Waals surface area contributed by atoms with Crippen LogP contribution >= 0.6 is 11.3 Å². The van der Waals surface area contributed by atoms with Crippen molar-refractivity contribution in [3.63, 3.8) is 0 Å². The minimum atomic E-state index is -3.94. The van der Waals surface area contributed by atoms with Crippen LogP contribution < -0.4 is 14.8 Å². The number of benzene rings is 2. The van der Waals surface area contributed by atoms with E-state index in [0.717, 1.165) is 29.2 Å². The summed E-state index contributed by atoms with van der Waals surface area (Å²) in [6, 6.07) is 16.6. The first-order valence-corrected chi connectivity index (χ1v) is 16.1. The van der Waals surface area contributed by atoms with Gasteiger partial charge >= 0.3 is 0 Å². The average Bonchev–Trinajstić information content (AvgIpc) is 3.40. The van der Waals surface area contributed by atoms with Gasteiger partial charge in [0, 0.05) is 12.6 Å². The van der Waals surface area contributed by atoms with E-state index in [1.54, 1.807) is 23.6 Å². The van der Waals surface area contributed by atoms with Gasteiger partial charge in [0.25, 0.3) is 20.0 Å². The minimum absolute atomic E-state index is 0.0256. The fourth-order valence-corrected chi connectivity index (χ4v) is 7.81. The molecular weight excluding hydrogens is 515 g/mol. The van der Waals surface area contributed by atoms with Crippen LogP contribution in [0.4, 0.5) is 11.4 Å². The Kier molecular flexibility index (Phi) is 8.71. The van der Waals surface area contributed by atoms with E-state index < -0.39 is 20.0 Å². The Morgan fingerprint density at radius 2 is 1.67 bits per heavy atom. The molecule has 1 aliphatic carbocycles. The molecule has 0 radical (unpaired) electrons. The van der Waals surface area contributed by atoms with Gasteiger partial charge in [-0.1, -0.05) is 62.4 Å². The van der Waals surface area contributed by atoms with Gasteiger partial charge in [-0.25, -0.2) is 16.8 Å². The van der Waals surface area contributed by atoms with Crippen molar-refractivity contribution in [2.24, 2.45) is 5.92 Å². The van der Waals surface area contributed by atoms with E-state index in [0.29, 0.717) is 18.3 Å². The van der Waals surface area contributed by atoms with Crippen LogP contribution in [0.15, 0.2) is 75.1 Å². The van der Waals surface area contributed by atoms with Gasteiger partial charge in [0.1, 0.15) is 4.21 Å². The zero-order valence-corrected chi connectivity index (χ0v) is 22.8. The van der Waals surface area contributed by atoms with Crippen molar-refractivity contribution < 1.29 is 16.8 Å². The van der Waals surface area contributed by atoms with Gasteiger partial charge in [0.2, 0.25) is 0 Å². The quantitative estimate of drug-likeness (QED) is 0.282. The summed E-state index contributed by atoms with van der Waals surface area (Å²) in [5.41, 5.74) is 1.53. The minimum Gasteiger partial charge on any atom is -0.310 e. The summed E-state index contributed by atoms with van der Waals surface area (Å²) >= 11 is 1.09. The Balaban J connectivity index is 1.43. The lowest BCUT2D eigenvalue weighted by molar-refractivity contribution is 0.305. The smallest absolute Gasteiger partial charge is 0.271 e. The monoisotopic (exact) mass is 547 g/mol. The van der Waals surface area contributed by atoms with Crippen LogP contribution in [0, 0.1) is 5.92 Å². The van der Waals surface area contributed by atoms with Crippen molar-refractivity contribution in [1.82, 2.24) is 5.32 Å². The van der Waals surface area contributed by atoms with Crippen molar-refractivity contribution in [3.05, 3.63) is 71.6 Å². The third-order valence-corrected chi connectivity index (χ3v) is 10.6. The first kappa shape index (κ1) is 26.7. The first-order valence-electron chi connectivity index (χ1n) is 12.2. The van der Waals surface area contributed by atoms with Crippen LogP contribution in [0.25, 0.3) is 0 Å². The lowest BCUT2D eigenvalue weighted by atomic mass is 9.85. The molecule has 1 heterocycles. The van der Waals surface area contributed by atoms with Gasteiger partial charge in [0.15, 0.2) is 0 Å². The summed E-state index contributed by atoms with van der Waals surface area (Å²) in [6.07, 6.45) is 7.70. The summed E-state index contributed by atoms with van der Waals surface area (Å²) in [5.74, 6) is 0.763. The highest BCUT2D eigenvalue weighted by atomic mass is 32.2. The molecule has 1 aromatic heterocycles. The molecule has 4 rings (SSSR count). The van der Waals surface area contributed by atoms with Gasteiger partial charge in [0.05, 0.1) is 16.3 Å². The Morgan fingerprint density at radius 1 is 0.889 bits per heavy atom. The number of hydrogen-bond donors (Lipinski definition) is 3. The van der Waals surface area contributed by atoms with Gasteiger partial charge in [-0.2, -0.15) is 0 Å². The molecule has 10 heteroatoms.